The Labute approximate surface area is 170 Å². The second-order valence-corrected chi connectivity index (χ2v) is 6.24. The molecule has 0 saturated heterocycles. The normalized spacial score (nSPS) is 11.4. The number of carboxylic acid groups (broad SMARTS) is 1. The fourth-order valence-corrected chi connectivity index (χ4v) is 2.57. The summed E-state index contributed by atoms with van der Waals surface area (Å²) in [6.45, 7) is 0.207. The molecule has 0 aromatic heterocycles. The third kappa shape index (κ3) is 5.88. The predicted molar refractivity (Wildman–Crippen MR) is 106 cm³/mol. The van der Waals surface area contributed by atoms with Crippen LogP contribution in [0.2, 0.25) is 0 Å². The molecule has 0 aliphatic carbocycles. The minimum atomic E-state index is -4.35. The molecule has 0 radical (unpaired) electrons. The lowest BCUT2D eigenvalue weighted by molar-refractivity contribution is -0.137. The standard InChI is InChI=1S/C23H17F3O4/c24-23(25,26)18-11-9-16(10-12-18)4-3-13-29-19-6-2-8-21(15-19)30-20-7-1-5-17(14-20)22(27)28/h1-12,14-15H,13H2,(H,27,28)/b4-3+. The molecule has 0 atom stereocenters. The molecule has 3 aromatic carbocycles. The van der Waals surface area contributed by atoms with E-state index in [1.807, 2.05) is 0 Å². The summed E-state index contributed by atoms with van der Waals surface area (Å²) in [5.74, 6) is 0.340. The van der Waals surface area contributed by atoms with Crippen molar-refractivity contribution in [2.75, 3.05) is 6.61 Å². The van der Waals surface area contributed by atoms with Crippen LogP contribution in [-0.4, -0.2) is 17.7 Å². The summed E-state index contributed by atoms with van der Waals surface area (Å²) in [6.07, 6.45) is -1.00. The third-order valence-electron chi connectivity index (χ3n) is 4.02. The summed E-state index contributed by atoms with van der Waals surface area (Å²) < 4.78 is 49.0. The quantitative estimate of drug-likeness (QED) is 0.494. The highest BCUT2D eigenvalue weighted by atomic mass is 19.4. The van der Waals surface area contributed by atoms with Crippen LogP contribution in [0.5, 0.6) is 17.2 Å². The van der Waals surface area contributed by atoms with Gasteiger partial charge in [0, 0.05) is 6.07 Å². The van der Waals surface area contributed by atoms with E-state index in [1.54, 1.807) is 48.6 Å². The molecule has 0 spiro atoms. The molecule has 0 heterocycles. The molecule has 7 heteroatoms. The van der Waals surface area contributed by atoms with Gasteiger partial charge in [-0.2, -0.15) is 13.2 Å². The number of benzene rings is 3. The molecular weight excluding hydrogens is 397 g/mol. The summed E-state index contributed by atoms with van der Waals surface area (Å²) in [7, 11) is 0. The van der Waals surface area contributed by atoms with Crippen LogP contribution in [0.4, 0.5) is 13.2 Å². The summed E-state index contributed by atoms with van der Waals surface area (Å²) >= 11 is 0. The van der Waals surface area contributed by atoms with Crippen molar-refractivity contribution in [1.29, 1.82) is 0 Å². The van der Waals surface area contributed by atoms with Gasteiger partial charge in [-0.15, -0.1) is 0 Å². The Balaban J connectivity index is 1.57. The Bertz CT molecular complexity index is 1040. The lowest BCUT2D eigenvalue weighted by atomic mass is 10.1. The maximum Gasteiger partial charge on any atom is 0.416 e. The lowest BCUT2D eigenvalue weighted by Crippen LogP contribution is -2.03. The smallest absolute Gasteiger partial charge is 0.416 e. The number of aromatic carboxylic acids is 1. The highest BCUT2D eigenvalue weighted by Crippen LogP contribution is 2.29. The molecule has 0 aliphatic rings. The van der Waals surface area contributed by atoms with Gasteiger partial charge in [-0.3, -0.25) is 0 Å². The van der Waals surface area contributed by atoms with Crippen molar-refractivity contribution in [3.63, 3.8) is 0 Å². The Hall–Kier alpha value is -3.74. The molecule has 3 aromatic rings. The van der Waals surface area contributed by atoms with Crippen LogP contribution in [0.3, 0.4) is 0 Å². The molecule has 0 bridgehead atoms. The SMILES string of the molecule is O=C(O)c1cccc(Oc2cccc(OC/C=C/c3ccc(C(F)(F)F)cc3)c2)c1. The van der Waals surface area contributed by atoms with Crippen LogP contribution in [-0.2, 0) is 6.18 Å². The van der Waals surface area contributed by atoms with Crippen molar-refractivity contribution in [3.05, 3.63) is 95.6 Å². The molecule has 0 aliphatic heterocycles. The van der Waals surface area contributed by atoms with Gasteiger partial charge in [-0.25, -0.2) is 4.79 Å². The molecule has 0 unspecified atom stereocenters. The van der Waals surface area contributed by atoms with Gasteiger partial charge in [0.25, 0.3) is 0 Å². The zero-order valence-corrected chi connectivity index (χ0v) is 15.6. The van der Waals surface area contributed by atoms with E-state index in [2.05, 4.69) is 0 Å². The number of carboxylic acids is 1. The summed E-state index contributed by atoms with van der Waals surface area (Å²) in [5.41, 5.74) is 0.0527. The van der Waals surface area contributed by atoms with Gasteiger partial charge in [-0.05, 0) is 54.1 Å². The van der Waals surface area contributed by atoms with Crippen LogP contribution in [0.1, 0.15) is 21.5 Å². The molecule has 1 N–H and O–H groups in total. The van der Waals surface area contributed by atoms with Crippen LogP contribution < -0.4 is 9.47 Å². The molecular formula is C23H17F3O4. The van der Waals surface area contributed by atoms with E-state index in [1.165, 1.54) is 24.3 Å². The second-order valence-electron chi connectivity index (χ2n) is 6.24. The molecule has 3 rings (SSSR count). The molecule has 0 fully saturated rings. The number of ether oxygens (including phenoxy) is 2. The highest BCUT2D eigenvalue weighted by Gasteiger charge is 2.29. The first-order chi connectivity index (χ1) is 14.3. The molecule has 154 valence electrons. The number of hydrogen-bond donors (Lipinski definition) is 1. The topological polar surface area (TPSA) is 55.8 Å². The van der Waals surface area contributed by atoms with Gasteiger partial charge >= 0.3 is 12.1 Å². The van der Waals surface area contributed by atoms with E-state index >= 15 is 0 Å². The van der Waals surface area contributed by atoms with Crippen LogP contribution in [0.15, 0.2) is 78.9 Å². The van der Waals surface area contributed by atoms with E-state index in [0.717, 1.165) is 12.1 Å². The van der Waals surface area contributed by atoms with Crippen LogP contribution in [0, 0.1) is 0 Å². The van der Waals surface area contributed by atoms with E-state index in [9.17, 15) is 18.0 Å². The second kappa shape index (κ2) is 9.17. The summed E-state index contributed by atoms with van der Waals surface area (Å²) in [5, 5.41) is 9.04. The number of alkyl halides is 3. The monoisotopic (exact) mass is 414 g/mol. The first-order valence-corrected chi connectivity index (χ1v) is 8.89. The number of carbonyl (C=O) groups is 1. The Morgan fingerprint density at radius 1 is 0.900 bits per heavy atom. The average molecular weight is 414 g/mol. The van der Waals surface area contributed by atoms with Crippen molar-refractivity contribution in [2.24, 2.45) is 0 Å². The molecule has 4 nitrogen and oxygen atoms in total. The Kier molecular flexibility index (Phi) is 6.41. The first kappa shape index (κ1) is 21.0. The van der Waals surface area contributed by atoms with Gasteiger partial charge in [0.15, 0.2) is 0 Å². The minimum absolute atomic E-state index is 0.119. The minimum Gasteiger partial charge on any atom is -0.489 e. The molecule has 30 heavy (non-hydrogen) atoms. The summed E-state index contributed by atoms with van der Waals surface area (Å²) in [6, 6.07) is 17.8. The average Bonchev–Trinajstić information content (AvgIpc) is 2.71. The maximum atomic E-state index is 12.6. The summed E-state index contributed by atoms with van der Waals surface area (Å²) in [4.78, 5) is 11.0. The maximum absolute atomic E-state index is 12.6. The van der Waals surface area contributed by atoms with Gasteiger partial charge in [0.05, 0.1) is 11.1 Å². The van der Waals surface area contributed by atoms with Crippen molar-refractivity contribution < 1.29 is 32.5 Å². The van der Waals surface area contributed by atoms with E-state index < -0.39 is 17.7 Å². The number of halogens is 3. The van der Waals surface area contributed by atoms with E-state index in [4.69, 9.17) is 14.6 Å². The van der Waals surface area contributed by atoms with E-state index in [0.29, 0.717) is 22.8 Å². The molecule has 0 amide bonds. The zero-order chi connectivity index (χ0) is 21.6. The van der Waals surface area contributed by atoms with Crippen molar-refractivity contribution in [1.82, 2.24) is 0 Å². The fraction of sp³-hybridized carbons (Fsp3) is 0.0870. The van der Waals surface area contributed by atoms with Crippen molar-refractivity contribution in [2.45, 2.75) is 6.18 Å². The third-order valence-corrected chi connectivity index (χ3v) is 4.02. The van der Waals surface area contributed by atoms with Crippen molar-refractivity contribution in [3.8, 4) is 17.2 Å². The Morgan fingerprint density at radius 2 is 1.53 bits per heavy atom. The first-order valence-electron chi connectivity index (χ1n) is 8.89. The van der Waals surface area contributed by atoms with Crippen LogP contribution in [0.25, 0.3) is 6.08 Å². The fourth-order valence-electron chi connectivity index (χ4n) is 2.57. The van der Waals surface area contributed by atoms with Gasteiger partial charge < -0.3 is 14.6 Å². The number of rotatable bonds is 7. The number of hydrogen-bond acceptors (Lipinski definition) is 3. The van der Waals surface area contributed by atoms with Crippen LogP contribution >= 0.6 is 0 Å². The van der Waals surface area contributed by atoms with Gasteiger partial charge in [-0.1, -0.05) is 30.3 Å². The van der Waals surface area contributed by atoms with Gasteiger partial charge in [0.1, 0.15) is 23.9 Å². The molecule has 0 saturated carbocycles. The largest absolute Gasteiger partial charge is 0.489 e. The van der Waals surface area contributed by atoms with Crippen molar-refractivity contribution >= 4 is 12.0 Å². The van der Waals surface area contributed by atoms with Gasteiger partial charge in [0.2, 0.25) is 0 Å². The predicted octanol–water partition coefficient (Wildman–Crippen LogP) is 6.29. The van der Waals surface area contributed by atoms with E-state index in [-0.39, 0.29) is 12.2 Å². The highest BCUT2D eigenvalue weighted by molar-refractivity contribution is 5.88. The Morgan fingerprint density at radius 3 is 2.20 bits per heavy atom. The zero-order valence-electron chi connectivity index (χ0n) is 15.6. The lowest BCUT2D eigenvalue weighted by Gasteiger charge is -2.09.